The van der Waals surface area contributed by atoms with E-state index in [1.807, 2.05) is 0 Å². The van der Waals surface area contributed by atoms with Crippen LogP contribution in [0.15, 0.2) is 60.7 Å². The SMILES string of the molecule is CC(C)(C)c1cc([N+]2=C=[N+](c3cc(C(C)(C)C)cc(C(C)(C)C)c3)c3ccccc32)cc(C(C)(C)C)c1. The molecule has 1 aliphatic heterocycles. The Morgan fingerprint density at radius 3 is 0.946 bits per heavy atom. The molecule has 3 aromatic carbocycles. The van der Waals surface area contributed by atoms with Crippen LogP contribution in [0.5, 0.6) is 0 Å². The smallest absolute Gasteiger partial charge is 0.0561 e. The summed E-state index contributed by atoms with van der Waals surface area (Å²) in [5, 5.41) is 0. The van der Waals surface area contributed by atoms with Crippen molar-refractivity contribution in [2.45, 2.75) is 105 Å². The second-order valence-electron chi connectivity index (χ2n) is 14.8. The monoisotopic (exact) mass is 494 g/mol. The Labute approximate surface area is 225 Å². The zero-order valence-electron chi connectivity index (χ0n) is 25.2. The van der Waals surface area contributed by atoms with Gasteiger partial charge in [-0.15, -0.1) is 0 Å². The highest BCUT2D eigenvalue weighted by atomic mass is 15.2. The van der Waals surface area contributed by atoms with Crippen molar-refractivity contribution in [3.05, 3.63) is 82.9 Å². The van der Waals surface area contributed by atoms with E-state index in [1.165, 1.54) is 22.3 Å². The van der Waals surface area contributed by atoms with Gasteiger partial charge in [-0.05, 0) is 53.1 Å². The van der Waals surface area contributed by atoms with Gasteiger partial charge >= 0.3 is 6.01 Å². The topological polar surface area (TPSA) is 6.02 Å². The first-order valence-electron chi connectivity index (χ1n) is 13.6. The molecule has 0 aliphatic carbocycles. The quantitative estimate of drug-likeness (QED) is 0.245. The highest BCUT2D eigenvalue weighted by Crippen LogP contribution is 2.40. The molecule has 1 aliphatic rings. The summed E-state index contributed by atoms with van der Waals surface area (Å²) in [5.74, 6) is 0. The summed E-state index contributed by atoms with van der Waals surface area (Å²) in [6.45, 7) is 27.5. The van der Waals surface area contributed by atoms with Gasteiger partial charge in [0.1, 0.15) is 0 Å². The van der Waals surface area contributed by atoms with Gasteiger partial charge in [0.25, 0.3) is 11.4 Å². The van der Waals surface area contributed by atoms with Gasteiger partial charge in [-0.2, -0.15) is 0 Å². The van der Waals surface area contributed by atoms with Crippen molar-refractivity contribution in [1.82, 2.24) is 9.15 Å². The first-order chi connectivity index (χ1) is 16.9. The summed E-state index contributed by atoms with van der Waals surface area (Å²) in [7, 11) is 0. The standard InChI is InChI=1S/C35H46N2/c1-32(2,3)24-17-25(33(4,5)6)20-28(19-24)36-23-37(31-16-14-13-15-30(31)36)29-21-26(34(7,8)9)18-27(22-29)35(10,11)12/h13-22H,1-12H3/q+2. The van der Waals surface area contributed by atoms with Crippen LogP contribution in [0.3, 0.4) is 0 Å². The Bertz CT molecular complexity index is 1250. The van der Waals surface area contributed by atoms with Crippen molar-refractivity contribution in [2.75, 3.05) is 0 Å². The van der Waals surface area contributed by atoms with Gasteiger partial charge in [-0.3, -0.25) is 0 Å². The Morgan fingerprint density at radius 1 is 0.432 bits per heavy atom. The van der Waals surface area contributed by atoms with E-state index < -0.39 is 0 Å². The number of fused-ring (bicyclic) bond motifs is 1. The van der Waals surface area contributed by atoms with Crippen molar-refractivity contribution in [3.63, 3.8) is 0 Å². The van der Waals surface area contributed by atoms with Crippen LogP contribution in [-0.2, 0) is 21.7 Å². The van der Waals surface area contributed by atoms with Crippen molar-refractivity contribution < 1.29 is 0 Å². The van der Waals surface area contributed by atoms with E-state index >= 15 is 0 Å². The highest BCUT2D eigenvalue weighted by molar-refractivity contribution is 5.85. The molecule has 0 bridgehead atoms. The lowest BCUT2D eigenvalue weighted by molar-refractivity contribution is 0.567. The minimum Gasteiger partial charge on any atom is -0.0561 e. The van der Waals surface area contributed by atoms with Crippen molar-refractivity contribution in [3.8, 4) is 0 Å². The third-order valence-corrected chi connectivity index (χ3v) is 7.38. The van der Waals surface area contributed by atoms with Gasteiger partial charge < -0.3 is 0 Å². The van der Waals surface area contributed by atoms with Crippen LogP contribution >= 0.6 is 0 Å². The predicted molar refractivity (Wildman–Crippen MR) is 162 cm³/mol. The van der Waals surface area contributed by atoms with Crippen LogP contribution < -0.4 is 9.15 Å². The summed E-state index contributed by atoms with van der Waals surface area (Å²) in [4.78, 5) is 0. The van der Waals surface area contributed by atoms with E-state index in [0.29, 0.717) is 0 Å². The largest absolute Gasteiger partial charge is 0.503 e. The lowest BCUT2D eigenvalue weighted by Gasteiger charge is -2.24. The van der Waals surface area contributed by atoms with Crippen LogP contribution in [0.25, 0.3) is 0 Å². The zero-order chi connectivity index (χ0) is 27.6. The third-order valence-electron chi connectivity index (χ3n) is 7.38. The summed E-state index contributed by atoms with van der Waals surface area (Å²) in [6, 6.07) is 26.6. The number of hydrogen-bond donors (Lipinski definition) is 0. The third kappa shape index (κ3) is 5.51. The van der Waals surface area contributed by atoms with Crippen LogP contribution in [0, 0.1) is 0 Å². The predicted octanol–water partition coefficient (Wildman–Crippen LogP) is 9.73. The molecule has 0 saturated heterocycles. The number of nitrogens with zero attached hydrogens (tertiary/aromatic N) is 2. The molecular formula is C35H46N2+2. The molecule has 0 fully saturated rings. The molecule has 0 unspecified atom stereocenters. The molecule has 2 nitrogen and oxygen atoms in total. The van der Waals surface area contributed by atoms with E-state index in [0.717, 1.165) is 22.7 Å². The molecule has 2 heteroatoms. The van der Waals surface area contributed by atoms with Crippen molar-refractivity contribution in [2.24, 2.45) is 0 Å². The van der Waals surface area contributed by atoms with Crippen molar-refractivity contribution >= 4 is 28.8 Å². The number of benzene rings is 3. The molecule has 1 heterocycles. The zero-order valence-corrected chi connectivity index (χ0v) is 25.2. The molecule has 0 spiro atoms. The second-order valence-corrected chi connectivity index (χ2v) is 14.8. The average Bonchev–Trinajstić information content (AvgIpc) is 3.16. The Balaban J connectivity index is 2.05. The molecule has 0 radical (unpaired) electrons. The minimum absolute atomic E-state index is 0.0532. The number of hydrogen-bond acceptors (Lipinski definition) is 0. The molecular weight excluding hydrogens is 448 g/mol. The lowest BCUT2D eigenvalue weighted by Crippen LogP contribution is -2.17. The normalized spacial score (nSPS) is 14.4. The van der Waals surface area contributed by atoms with Crippen molar-refractivity contribution in [1.29, 1.82) is 0 Å². The van der Waals surface area contributed by atoms with Gasteiger partial charge in [-0.1, -0.05) is 107 Å². The van der Waals surface area contributed by atoms with E-state index in [-0.39, 0.29) is 21.7 Å². The fourth-order valence-electron chi connectivity index (χ4n) is 4.66. The Morgan fingerprint density at radius 2 is 0.703 bits per heavy atom. The Kier molecular flexibility index (Phi) is 6.45. The molecule has 0 atom stereocenters. The average molecular weight is 495 g/mol. The lowest BCUT2D eigenvalue weighted by atomic mass is 9.80. The minimum atomic E-state index is 0.0532. The second kappa shape index (κ2) is 8.81. The van der Waals surface area contributed by atoms with Gasteiger partial charge in [0.15, 0.2) is 0 Å². The highest BCUT2D eigenvalue weighted by Gasteiger charge is 2.38. The fourth-order valence-corrected chi connectivity index (χ4v) is 4.66. The van der Waals surface area contributed by atoms with Gasteiger partial charge in [0, 0.05) is 36.4 Å². The van der Waals surface area contributed by atoms with Gasteiger partial charge in [0.2, 0.25) is 11.4 Å². The first-order valence-corrected chi connectivity index (χ1v) is 13.6. The molecule has 4 rings (SSSR count). The summed E-state index contributed by atoms with van der Waals surface area (Å²) < 4.78 is 4.50. The summed E-state index contributed by atoms with van der Waals surface area (Å²) in [6.07, 6.45) is 0. The molecule has 0 N–H and O–H groups in total. The van der Waals surface area contributed by atoms with Crippen LogP contribution in [-0.4, -0.2) is 6.01 Å². The molecule has 3 aromatic rings. The van der Waals surface area contributed by atoms with Gasteiger partial charge in [-0.25, -0.2) is 0 Å². The molecule has 194 valence electrons. The van der Waals surface area contributed by atoms with Crippen LogP contribution in [0.2, 0.25) is 0 Å². The van der Waals surface area contributed by atoms with Crippen LogP contribution in [0.4, 0.5) is 22.7 Å². The first kappa shape index (κ1) is 27.1. The maximum atomic E-state index is 3.77. The maximum absolute atomic E-state index is 3.77. The fraction of sp³-hybridized carbons (Fsp3) is 0.457. The maximum Gasteiger partial charge on any atom is 0.503 e. The number of rotatable bonds is 2. The molecule has 0 amide bonds. The van der Waals surface area contributed by atoms with Crippen LogP contribution in [0.1, 0.15) is 105 Å². The molecule has 0 aromatic heterocycles. The summed E-state index contributed by atoms with van der Waals surface area (Å²) >= 11 is 0. The Hall–Kier alpha value is -2.96. The van der Waals surface area contributed by atoms with E-state index in [9.17, 15) is 0 Å². The van der Waals surface area contributed by atoms with Gasteiger partial charge in [0.05, 0.1) is 0 Å². The van der Waals surface area contributed by atoms with E-state index in [1.54, 1.807) is 0 Å². The van der Waals surface area contributed by atoms with E-state index in [2.05, 4.69) is 159 Å². The van der Waals surface area contributed by atoms with E-state index in [4.69, 9.17) is 0 Å². The number of para-hydroxylation sites is 2. The summed E-state index contributed by atoms with van der Waals surface area (Å²) in [5.41, 5.74) is 10.2. The molecule has 37 heavy (non-hydrogen) atoms. The molecule has 0 saturated carbocycles.